The number of hydrogen-bond donors (Lipinski definition) is 0. The SMILES string of the molecule is CCCCCCCCC1C=C(OCc2ccccc2)C=C2N=C3CCCCC3=C21. The van der Waals surface area contributed by atoms with E-state index in [2.05, 4.69) is 49.4 Å². The highest BCUT2D eigenvalue weighted by Gasteiger charge is 2.32. The summed E-state index contributed by atoms with van der Waals surface area (Å²) < 4.78 is 6.21. The van der Waals surface area contributed by atoms with E-state index in [1.54, 1.807) is 5.57 Å². The first-order valence-corrected chi connectivity index (χ1v) is 11.8. The van der Waals surface area contributed by atoms with Gasteiger partial charge in [-0.15, -0.1) is 0 Å². The van der Waals surface area contributed by atoms with Gasteiger partial charge in [0.05, 0.1) is 5.70 Å². The van der Waals surface area contributed by atoms with Gasteiger partial charge in [-0.3, -0.25) is 4.99 Å². The third-order valence-electron chi connectivity index (χ3n) is 6.43. The van der Waals surface area contributed by atoms with E-state index in [0.717, 1.165) is 12.2 Å². The minimum atomic E-state index is 0.473. The Morgan fingerprint density at radius 2 is 1.76 bits per heavy atom. The second kappa shape index (κ2) is 10.1. The Balaban J connectivity index is 1.45. The van der Waals surface area contributed by atoms with E-state index in [0.29, 0.717) is 12.5 Å². The summed E-state index contributed by atoms with van der Waals surface area (Å²) in [6.45, 7) is 2.91. The van der Waals surface area contributed by atoms with Crippen LogP contribution in [0.2, 0.25) is 0 Å². The number of hydrogen-bond acceptors (Lipinski definition) is 2. The van der Waals surface area contributed by atoms with Crippen LogP contribution in [0.1, 0.15) is 83.1 Å². The molecule has 0 spiro atoms. The number of allylic oxidation sites excluding steroid dienone is 4. The van der Waals surface area contributed by atoms with Crippen molar-refractivity contribution in [3.05, 3.63) is 70.6 Å². The van der Waals surface area contributed by atoms with Crippen LogP contribution in [0.4, 0.5) is 0 Å². The molecule has 3 aliphatic rings. The van der Waals surface area contributed by atoms with Gasteiger partial charge in [-0.2, -0.15) is 0 Å². The van der Waals surface area contributed by atoms with Crippen molar-refractivity contribution in [1.82, 2.24) is 0 Å². The molecule has 0 saturated heterocycles. The van der Waals surface area contributed by atoms with Gasteiger partial charge >= 0.3 is 0 Å². The summed E-state index contributed by atoms with van der Waals surface area (Å²) >= 11 is 0. The number of ether oxygens (including phenoxy) is 1. The van der Waals surface area contributed by atoms with E-state index in [1.807, 2.05) is 0 Å². The van der Waals surface area contributed by atoms with Crippen molar-refractivity contribution in [1.29, 1.82) is 0 Å². The maximum absolute atomic E-state index is 6.21. The fourth-order valence-electron chi connectivity index (χ4n) is 4.85. The van der Waals surface area contributed by atoms with E-state index in [1.165, 1.54) is 86.8 Å². The van der Waals surface area contributed by atoms with Gasteiger partial charge in [0.1, 0.15) is 12.4 Å². The standard InChI is InChI=1S/C27H35NO/c1-2-3-4-5-6-10-15-22-18-23(29-20-21-13-8-7-9-14-21)19-26-27(22)24-16-11-12-17-25(24)28-26/h7-9,13-14,18-19,22H,2-6,10-12,15-17,20H2,1H3. The zero-order chi connectivity index (χ0) is 19.9. The molecule has 1 aromatic carbocycles. The summed E-state index contributed by atoms with van der Waals surface area (Å²) in [7, 11) is 0. The van der Waals surface area contributed by atoms with Crippen LogP contribution in [0.5, 0.6) is 0 Å². The van der Waals surface area contributed by atoms with Crippen LogP contribution < -0.4 is 0 Å². The van der Waals surface area contributed by atoms with E-state index < -0.39 is 0 Å². The Labute approximate surface area is 176 Å². The lowest BCUT2D eigenvalue weighted by Crippen LogP contribution is -2.13. The van der Waals surface area contributed by atoms with Crippen molar-refractivity contribution < 1.29 is 4.74 Å². The van der Waals surface area contributed by atoms with E-state index in [-0.39, 0.29) is 0 Å². The van der Waals surface area contributed by atoms with Gasteiger partial charge in [0.15, 0.2) is 0 Å². The molecule has 1 fully saturated rings. The van der Waals surface area contributed by atoms with Crippen LogP contribution in [0.3, 0.4) is 0 Å². The highest BCUT2D eigenvalue weighted by molar-refractivity contribution is 6.05. The number of rotatable bonds is 10. The lowest BCUT2D eigenvalue weighted by molar-refractivity contribution is 0.207. The predicted molar refractivity (Wildman–Crippen MR) is 122 cm³/mol. The largest absolute Gasteiger partial charge is 0.489 e. The average molecular weight is 390 g/mol. The molecular formula is C27H35NO. The van der Waals surface area contributed by atoms with E-state index >= 15 is 0 Å². The topological polar surface area (TPSA) is 21.6 Å². The minimum absolute atomic E-state index is 0.473. The molecule has 2 heteroatoms. The molecule has 1 saturated carbocycles. The van der Waals surface area contributed by atoms with Crippen molar-refractivity contribution in [2.24, 2.45) is 10.9 Å². The third kappa shape index (κ3) is 5.10. The molecule has 1 unspecified atom stereocenters. The van der Waals surface area contributed by atoms with Crippen LogP contribution in [0.25, 0.3) is 0 Å². The summed E-state index contributed by atoms with van der Waals surface area (Å²) in [6, 6.07) is 10.5. The molecule has 0 amide bonds. The van der Waals surface area contributed by atoms with Gasteiger partial charge in [-0.1, -0.05) is 75.8 Å². The summed E-state index contributed by atoms with van der Waals surface area (Å²) in [5.41, 5.74) is 6.87. The van der Waals surface area contributed by atoms with Crippen molar-refractivity contribution in [3.63, 3.8) is 0 Å². The second-order valence-electron chi connectivity index (χ2n) is 8.69. The molecular weight excluding hydrogens is 354 g/mol. The first kappa shape index (κ1) is 20.2. The van der Waals surface area contributed by atoms with Crippen LogP contribution in [-0.4, -0.2) is 5.71 Å². The highest BCUT2D eigenvalue weighted by Crippen LogP contribution is 2.43. The molecule has 0 N–H and O–H groups in total. The molecule has 4 rings (SSSR count). The summed E-state index contributed by atoms with van der Waals surface area (Å²) in [5.74, 6) is 1.48. The lowest BCUT2D eigenvalue weighted by Gasteiger charge is -2.24. The Hall–Kier alpha value is -2.09. The molecule has 2 nitrogen and oxygen atoms in total. The summed E-state index contributed by atoms with van der Waals surface area (Å²) in [4.78, 5) is 5.04. The first-order valence-electron chi connectivity index (χ1n) is 11.8. The molecule has 154 valence electrons. The minimum Gasteiger partial charge on any atom is -0.489 e. The maximum atomic E-state index is 6.21. The molecule has 1 aromatic rings. The van der Waals surface area contributed by atoms with Gasteiger partial charge in [0.25, 0.3) is 0 Å². The number of benzene rings is 1. The van der Waals surface area contributed by atoms with Gasteiger partial charge in [0.2, 0.25) is 0 Å². The predicted octanol–water partition coefficient (Wildman–Crippen LogP) is 7.68. The summed E-state index contributed by atoms with van der Waals surface area (Å²) in [5, 5.41) is 0. The van der Waals surface area contributed by atoms with Gasteiger partial charge in [-0.05, 0) is 54.9 Å². The molecule has 0 radical (unpaired) electrons. The number of aliphatic imine (C=N–C) groups is 1. The van der Waals surface area contributed by atoms with Crippen LogP contribution >= 0.6 is 0 Å². The van der Waals surface area contributed by atoms with Crippen molar-refractivity contribution >= 4 is 5.71 Å². The molecule has 1 aliphatic heterocycles. The molecule has 0 bridgehead atoms. The van der Waals surface area contributed by atoms with Crippen molar-refractivity contribution in [2.45, 2.75) is 84.2 Å². The number of fused-ring (bicyclic) bond motifs is 2. The second-order valence-corrected chi connectivity index (χ2v) is 8.69. The monoisotopic (exact) mass is 389 g/mol. The van der Waals surface area contributed by atoms with Crippen molar-refractivity contribution in [3.8, 4) is 0 Å². The molecule has 2 aliphatic carbocycles. The van der Waals surface area contributed by atoms with Crippen LogP contribution in [0.15, 0.2) is 70.1 Å². The van der Waals surface area contributed by atoms with Crippen LogP contribution in [-0.2, 0) is 11.3 Å². The van der Waals surface area contributed by atoms with E-state index in [9.17, 15) is 0 Å². The zero-order valence-corrected chi connectivity index (χ0v) is 18.0. The molecule has 1 heterocycles. The normalized spacial score (nSPS) is 20.6. The number of nitrogens with zero attached hydrogens (tertiary/aromatic N) is 1. The Bertz CT molecular complexity index is 812. The van der Waals surface area contributed by atoms with Crippen molar-refractivity contribution in [2.75, 3.05) is 0 Å². The Morgan fingerprint density at radius 3 is 2.62 bits per heavy atom. The lowest BCUT2D eigenvalue weighted by atomic mass is 9.81. The molecule has 0 aromatic heterocycles. The fraction of sp³-hybridized carbons (Fsp3) is 0.519. The molecule has 1 atom stereocenters. The third-order valence-corrected chi connectivity index (χ3v) is 6.43. The quantitative estimate of drug-likeness (QED) is 0.376. The van der Waals surface area contributed by atoms with E-state index in [4.69, 9.17) is 9.73 Å². The molecule has 29 heavy (non-hydrogen) atoms. The Kier molecular flexibility index (Phi) is 7.03. The van der Waals surface area contributed by atoms with Crippen LogP contribution in [0, 0.1) is 5.92 Å². The smallest absolute Gasteiger partial charge is 0.118 e. The van der Waals surface area contributed by atoms with Gasteiger partial charge < -0.3 is 4.74 Å². The maximum Gasteiger partial charge on any atom is 0.118 e. The highest BCUT2D eigenvalue weighted by atomic mass is 16.5. The summed E-state index contributed by atoms with van der Waals surface area (Å²) in [6.07, 6.45) is 18.9. The van der Waals surface area contributed by atoms with Gasteiger partial charge in [-0.25, -0.2) is 0 Å². The Morgan fingerprint density at radius 1 is 0.966 bits per heavy atom. The zero-order valence-electron chi connectivity index (χ0n) is 18.0. The average Bonchev–Trinajstić information content (AvgIpc) is 3.14. The fourth-order valence-corrected chi connectivity index (χ4v) is 4.85. The number of unbranched alkanes of at least 4 members (excludes halogenated alkanes) is 5. The van der Waals surface area contributed by atoms with Gasteiger partial charge in [0, 0.05) is 17.7 Å². The first-order chi connectivity index (χ1) is 14.3.